The van der Waals surface area contributed by atoms with E-state index in [1.807, 2.05) is 24.3 Å². The molecule has 24 heavy (non-hydrogen) atoms. The van der Waals surface area contributed by atoms with Crippen molar-refractivity contribution in [1.29, 1.82) is 0 Å². The molecule has 0 heterocycles. The summed E-state index contributed by atoms with van der Waals surface area (Å²) in [5.74, 6) is 0.376. The fourth-order valence-electron chi connectivity index (χ4n) is 3.26. The van der Waals surface area contributed by atoms with E-state index in [1.165, 1.54) is 12.0 Å². The molecule has 0 aliphatic heterocycles. The Morgan fingerprint density at radius 3 is 2.42 bits per heavy atom. The second kappa shape index (κ2) is 10.5. The van der Waals surface area contributed by atoms with Crippen molar-refractivity contribution in [2.24, 2.45) is 11.7 Å². The Kier molecular flexibility index (Phi) is 9.01. The third-order valence-electron chi connectivity index (χ3n) is 4.82. The smallest absolute Gasteiger partial charge is 0.220 e. The monoisotopic (exact) mass is 352 g/mol. The number of nitrogens with one attached hydrogen (secondary N) is 1. The molecule has 1 aliphatic carbocycles. The molecule has 5 heteroatoms. The third kappa shape index (κ3) is 5.91. The number of hydrogen-bond acceptors (Lipinski definition) is 3. The molecule has 1 aromatic carbocycles. The van der Waals surface area contributed by atoms with Crippen molar-refractivity contribution in [2.45, 2.75) is 57.9 Å². The Labute approximate surface area is 151 Å². The maximum absolute atomic E-state index is 12.2. The van der Waals surface area contributed by atoms with Gasteiger partial charge in [-0.15, -0.1) is 12.4 Å². The van der Waals surface area contributed by atoms with Gasteiger partial charge in [-0.2, -0.15) is 0 Å². The number of benzene rings is 1. The number of hydrogen-bond donors (Lipinski definition) is 2. The molecule has 2 unspecified atom stereocenters. The predicted molar refractivity (Wildman–Crippen MR) is 99.6 cm³/mol. The first-order valence-corrected chi connectivity index (χ1v) is 8.75. The minimum Gasteiger partial charge on any atom is -0.353 e. The summed E-state index contributed by atoms with van der Waals surface area (Å²) in [6, 6.07) is 7.83. The summed E-state index contributed by atoms with van der Waals surface area (Å²) in [6.07, 6.45) is 5.90. The molecule has 0 saturated heterocycles. The number of aryl methyl sites for hydroxylation is 1. The molecular formula is C19H29ClN2O2. The van der Waals surface area contributed by atoms with Crippen LogP contribution < -0.4 is 11.1 Å². The van der Waals surface area contributed by atoms with Crippen molar-refractivity contribution >= 4 is 24.1 Å². The number of nitrogens with two attached hydrogens (primary N) is 1. The molecule has 134 valence electrons. The first-order valence-electron chi connectivity index (χ1n) is 8.75. The zero-order chi connectivity index (χ0) is 16.7. The van der Waals surface area contributed by atoms with Crippen molar-refractivity contribution in [3.63, 3.8) is 0 Å². The Bertz CT molecular complexity index is 531. The van der Waals surface area contributed by atoms with Crippen LogP contribution >= 0.6 is 12.4 Å². The van der Waals surface area contributed by atoms with Gasteiger partial charge >= 0.3 is 0 Å². The molecule has 1 amide bonds. The molecule has 2 atom stereocenters. The van der Waals surface area contributed by atoms with Crippen LogP contribution in [-0.4, -0.2) is 24.3 Å². The van der Waals surface area contributed by atoms with Crippen LogP contribution in [0.15, 0.2) is 24.3 Å². The molecule has 1 aliphatic rings. The van der Waals surface area contributed by atoms with E-state index in [-0.39, 0.29) is 43.0 Å². The number of ketones is 1. The van der Waals surface area contributed by atoms with Crippen LogP contribution in [-0.2, 0) is 11.2 Å². The van der Waals surface area contributed by atoms with Crippen LogP contribution in [0.25, 0.3) is 0 Å². The summed E-state index contributed by atoms with van der Waals surface area (Å²) in [6.45, 7) is 2.70. The topological polar surface area (TPSA) is 72.2 Å². The average molecular weight is 353 g/mol. The molecule has 0 bridgehead atoms. The number of carbonyl (C=O) groups is 2. The first kappa shape index (κ1) is 20.7. The predicted octanol–water partition coefficient (Wildman–Crippen LogP) is 3.27. The fraction of sp³-hybridized carbons (Fsp3) is 0.579. The van der Waals surface area contributed by atoms with E-state index < -0.39 is 0 Å². The van der Waals surface area contributed by atoms with E-state index in [1.54, 1.807) is 0 Å². The van der Waals surface area contributed by atoms with Gasteiger partial charge in [0.2, 0.25) is 5.91 Å². The van der Waals surface area contributed by atoms with Crippen LogP contribution in [0.1, 0.15) is 61.4 Å². The van der Waals surface area contributed by atoms with Crippen LogP contribution in [0, 0.1) is 5.92 Å². The lowest BCUT2D eigenvalue weighted by molar-refractivity contribution is -0.122. The number of carbonyl (C=O) groups excluding carboxylic acids is 2. The quantitative estimate of drug-likeness (QED) is 0.740. The minimum atomic E-state index is -0.0334. The summed E-state index contributed by atoms with van der Waals surface area (Å²) in [5.41, 5.74) is 7.69. The Hall–Kier alpha value is -1.39. The van der Waals surface area contributed by atoms with Gasteiger partial charge in [-0.3, -0.25) is 9.59 Å². The van der Waals surface area contributed by atoms with Gasteiger partial charge in [-0.25, -0.2) is 0 Å². The SMILES string of the molecule is CCc1ccc(C(=O)CCC(=O)NC2CCCCC2CN)cc1.Cl. The lowest BCUT2D eigenvalue weighted by atomic mass is 9.84. The van der Waals surface area contributed by atoms with Gasteiger partial charge in [0.05, 0.1) is 0 Å². The van der Waals surface area contributed by atoms with Crippen LogP contribution in [0.3, 0.4) is 0 Å². The highest BCUT2D eigenvalue weighted by Gasteiger charge is 2.25. The second-order valence-corrected chi connectivity index (χ2v) is 6.43. The Morgan fingerprint density at radius 1 is 1.12 bits per heavy atom. The molecule has 1 fully saturated rings. The van der Waals surface area contributed by atoms with Crippen LogP contribution in [0.5, 0.6) is 0 Å². The fourth-order valence-corrected chi connectivity index (χ4v) is 3.26. The van der Waals surface area contributed by atoms with Gasteiger partial charge in [0.1, 0.15) is 0 Å². The Balaban J connectivity index is 0.00000288. The molecule has 3 N–H and O–H groups in total. The highest BCUT2D eigenvalue weighted by Crippen LogP contribution is 2.23. The van der Waals surface area contributed by atoms with Crippen molar-refractivity contribution in [3.05, 3.63) is 35.4 Å². The maximum Gasteiger partial charge on any atom is 0.220 e. The van der Waals surface area contributed by atoms with E-state index >= 15 is 0 Å². The summed E-state index contributed by atoms with van der Waals surface area (Å²) in [5, 5.41) is 3.07. The number of halogens is 1. The van der Waals surface area contributed by atoms with Gasteiger partial charge in [-0.05, 0) is 37.3 Å². The largest absolute Gasteiger partial charge is 0.353 e. The van der Waals surface area contributed by atoms with Crippen molar-refractivity contribution < 1.29 is 9.59 Å². The summed E-state index contributed by atoms with van der Waals surface area (Å²) in [7, 11) is 0. The van der Waals surface area contributed by atoms with Gasteiger partial charge < -0.3 is 11.1 Å². The van der Waals surface area contributed by atoms with Gasteiger partial charge in [0, 0.05) is 24.4 Å². The molecule has 0 radical (unpaired) electrons. The second-order valence-electron chi connectivity index (χ2n) is 6.43. The van der Waals surface area contributed by atoms with Crippen LogP contribution in [0.4, 0.5) is 0 Å². The molecule has 0 aromatic heterocycles. The Morgan fingerprint density at radius 2 is 1.79 bits per heavy atom. The maximum atomic E-state index is 12.2. The zero-order valence-corrected chi connectivity index (χ0v) is 15.2. The summed E-state index contributed by atoms with van der Waals surface area (Å²) in [4.78, 5) is 24.3. The van der Waals surface area contributed by atoms with E-state index in [9.17, 15) is 9.59 Å². The van der Waals surface area contributed by atoms with Gasteiger partial charge in [0.15, 0.2) is 5.78 Å². The van der Waals surface area contributed by atoms with E-state index in [0.29, 0.717) is 18.0 Å². The lowest BCUT2D eigenvalue weighted by Gasteiger charge is -2.31. The third-order valence-corrected chi connectivity index (χ3v) is 4.82. The van der Waals surface area contributed by atoms with Gasteiger partial charge in [-0.1, -0.05) is 44.0 Å². The normalized spacial score (nSPS) is 20.1. The molecule has 1 aromatic rings. The van der Waals surface area contributed by atoms with Crippen molar-refractivity contribution in [3.8, 4) is 0 Å². The zero-order valence-electron chi connectivity index (χ0n) is 14.4. The summed E-state index contributed by atoms with van der Waals surface area (Å²) < 4.78 is 0. The molecular weight excluding hydrogens is 324 g/mol. The van der Waals surface area contributed by atoms with Crippen molar-refractivity contribution in [1.82, 2.24) is 5.32 Å². The van der Waals surface area contributed by atoms with E-state index in [0.717, 1.165) is 25.7 Å². The lowest BCUT2D eigenvalue weighted by Crippen LogP contribution is -2.44. The number of Topliss-reactive ketones (excluding diaryl/α,β-unsaturated/α-hetero) is 1. The first-order chi connectivity index (χ1) is 11.1. The average Bonchev–Trinajstić information content (AvgIpc) is 2.60. The molecule has 2 rings (SSSR count). The molecule has 4 nitrogen and oxygen atoms in total. The molecule has 0 spiro atoms. The highest BCUT2D eigenvalue weighted by molar-refractivity contribution is 5.98. The van der Waals surface area contributed by atoms with Gasteiger partial charge in [0.25, 0.3) is 0 Å². The highest BCUT2D eigenvalue weighted by atomic mass is 35.5. The number of rotatable bonds is 7. The molecule has 1 saturated carbocycles. The van der Waals surface area contributed by atoms with E-state index in [4.69, 9.17) is 5.73 Å². The van der Waals surface area contributed by atoms with Crippen LogP contribution in [0.2, 0.25) is 0 Å². The number of amides is 1. The van der Waals surface area contributed by atoms with Crippen molar-refractivity contribution in [2.75, 3.05) is 6.54 Å². The van der Waals surface area contributed by atoms with E-state index in [2.05, 4.69) is 12.2 Å². The minimum absolute atomic E-state index is 0. The summed E-state index contributed by atoms with van der Waals surface area (Å²) >= 11 is 0. The standard InChI is InChI=1S/C19H28N2O2.ClH/c1-2-14-7-9-15(10-8-14)18(22)11-12-19(23)21-17-6-4-3-5-16(17)13-20;/h7-10,16-17H,2-6,11-13,20H2,1H3,(H,21,23);1H.